The fourth-order valence-electron chi connectivity index (χ4n) is 10.0. The molecule has 19 heteroatoms. The van der Waals surface area contributed by atoms with Gasteiger partial charge < -0.3 is 34.2 Å². The van der Waals surface area contributed by atoms with Gasteiger partial charge in [-0.3, -0.25) is 10.1 Å². The first kappa shape index (κ1) is 50.2. The molecular formula is C52H54Cl2F2N4O10S. The minimum atomic E-state index is -4.36. The molecule has 1 saturated carbocycles. The number of amides is 1. The van der Waals surface area contributed by atoms with Crippen LogP contribution in [0.15, 0.2) is 114 Å². The second-order valence-corrected chi connectivity index (χ2v) is 21.5. The monoisotopic (exact) mass is 1030 g/mol. The lowest BCUT2D eigenvalue weighted by Gasteiger charge is -2.43. The number of rotatable bonds is 19. The number of hydrogen-bond donors (Lipinski definition) is 2. The summed E-state index contributed by atoms with van der Waals surface area (Å²) >= 11 is 13.3. The summed E-state index contributed by atoms with van der Waals surface area (Å²) < 4.78 is 81.9. The van der Waals surface area contributed by atoms with Crippen molar-refractivity contribution >= 4 is 45.3 Å². The summed E-state index contributed by atoms with van der Waals surface area (Å²) in [4.78, 5) is 28.2. The van der Waals surface area contributed by atoms with Crippen molar-refractivity contribution in [3.05, 3.63) is 147 Å². The van der Waals surface area contributed by atoms with E-state index in [0.29, 0.717) is 33.1 Å². The van der Waals surface area contributed by atoms with E-state index in [4.69, 9.17) is 42.1 Å². The molecule has 5 fully saturated rings. The standard InChI is InChI=1S/C52H54Cl2F2N4O10S/c53-43-27-59(64)28-44(54)42(43)26-41(36-13-16-46(69-51(55)56)47(25-36)68-31-32-9-10-32)45-24-38(50(61)62)19-22-60(45)71(65,66)40-14-11-33(12-15-40)30-67-39-8-4-7-37(23-39)49(35-5-2-1-3-6-35)57-52(63)70-48-29-58-20-17-34(48)18-21-58/h1-8,11-16,23,25,27-28,32,34,38,41,45,48-49,51H,9-10,17-22,24,26,29-31H2,(H2-,57,61,62,63,64)/t38?,41-,45?,48-,49-/m0/s1. The fraction of sp³-hybridized carbons (Fsp3) is 0.404. The van der Waals surface area contributed by atoms with Gasteiger partial charge in [0.05, 0.1) is 17.5 Å². The highest BCUT2D eigenvalue weighted by molar-refractivity contribution is 7.89. The lowest BCUT2D eigenvalue weighted by atomic mass is 9.79. The van der Waals surface area contributed by atoms with E-state index in [1.165, 1.54) is 47.0 Å². The van der Waals surface area contributed by atoms with E-state index in [9.17, 15) is 37.1 Å². The van der Waals surface area contributed by atoms with Crippen LogP contribution >= 0.6 is 23.2 Å². The highest BCUT2D eigenvalue weighted by atomic mass is 35.5. The molecule has 5 heterocycles. The molecule has 1 aliphatic carbocycles. The topological polar surface area (TPSA) is 171 Å². The van der Waals surface area contributed by atoms with Crippen LogP contribution in [0.3, 0.4) is 0 Å². The molecular weight excluding hydrogens is 982 g/mol. The largest absolute Gasteiger partial charge is 0.550 e. The maximum absolute atomic E-state index is 14.9. The van der Waals surface area contributed by atoms with Crippen molar-refractivity contribution in [2.45, 2.75) is 87.2 Å². The number of fused-ring (bicyclic) bond motifs is 3. The van der Waals surface area contributed by atoms with Crippen LogP contribution in [-0.2, 0) is 32.6 Å². The van der Waals surface area contributed by atoms with Gasteiger partial charge in [0.1, 0.15) is 28.5 Å². The SMILES string of the molecule is O=C(N[C@@H](c1ccccc1)c1cccc(OCc2ccc(S(=O)(=O)N3CCC(C(=O)[O-])CC3[C@@H](Cc3c(Cl)c[n+](O)cc3Cl)c3ccc(OC(F)F)c(OCC4CC4)c3)cc2)c1)O[C@H]1CN2CCC1CC2. The number of alkyl carbamates (subject to hydrolysis) is 1. The number of halogens is 4. The van der Waals surface area contributed by atoms with Gasteiger partial charge in [0, 0.05) is 47.2 Å². The van der Waals surface area contributed by atoms with E-state index >= 15 is 0 Å². The summed E-state index contributed by atoms with van der Waals surface area (Å²) in [7, 11) is -4.36. The number of aromatic nitrogens is 1. The molecule has 1 amide bonds. The molecule has 14 nitrogen and oxygen atoms in total. The van der Waals surface area contributed by atoms with Crippen LogP contribution in [0.4, 0.5) is 13.6 Å². The molecule has 10 rings (SSSR count). The first-order chi connectivity index (χ1) is 34.2. The summed E-state index contributed by atoms with van der Waals surface area (Å²) in [5.41, 5.74) is 3.02. The maximum Gasteiger partial charge on any atom is 0.408 e. The van der Waals surface area contributed by atoms with E-state index in [1.54, 1.807) is 18.2 Å². The van der Waals surface area contributed by atoms with Crippen LogP contribution in [0.5, 0.6) is 17.2 Å². The van der Waals surface area contributed by atoms with E-state index in [-0.39, 0.29) is 77.5 Å². The predicted molar refractivity (Wildman–Crippen MR) is 255 cm³/mol. The molecule has 5 atom stereocenters. The van der Waals surface area contributed by atoms with Crippen molar-refractivity contribution in [3.8, 4) is 17.2 Å². The average molecular weight is 1040 g/mol. The molecule has 4 aliphatic heterocycles. The van der Waals surface area contributed by atoms with Gasteiger partial charge >= 0.3 is 12.7 Å². The number of sulfonamides is 1. The third-order valence-electron chi connectivity index (χ3n) is 14.0. The zero-order valence-electron chi connectivity index (χ0n) is 38.6. The Hall–Kier alpha value is -5.72. The number of benzene rings is 4. The predicted octanol–water partition coefficient (Wildman–Crippen LogP) is 7.94. The van der Waals surface area contributed by atoms with Gasteiger partial charge in [0.2, 0.25) is 22.4 Å². The number of hydrogen-bond acceptors (Lipinski definition) is 11. The summed E-state index contributed by atoms with van der Waals surface area (Å²) in [6, 6.07) is 25.9. The van der Waals surface area contributed by atoms with Crippen molar-refractivity contribution in [1.29, 1.82) is 0 Å². The number of nitrogens with zero attached hydrogens (tertiary/aromatic N) is 3. The molecule has 4 saturated heterocycles. The van der Waals surface area contributed by atoms with Gasteiger partial charge in [-0.1, -0.05) is 83.9 Å². The molecule has 4 aromatic carbocycles. The molecule has 1 aromatic heterocycles. The van der Waals surface area contributed by atoms with Crippen LogP contribution in [0, 0.1) is 17.8 Å². The third kappa shape index (κ3) is 12.1. The van der Waals surface area contributed by atoms with Crippen molar-refractivity contribution in [2.75, 3.05) is 32.8 Å². The summed E-state index contributed by atoms with van der Waals surface area (Å²) in [6.45, 7) is -0.239. The molecule has 0 radical (unpaired) electrons. The first-order valence-corrected chi connectivity index (χ1v) is 26.0. The number of carboxylic acid groups (broad SMARTS) is 1. The normalized spacial score (nSPS) is 22.1. The number of alkyl halides is 2. The van der Waals surface area contributed by atoms with Gasteiger partial charge in [-0.2, -0.15) is 13.1 Å². The lowest BCUT2D eigenvalue weighted by Crippen LogP contribution is -2.52. The fourth-order valence-corrected chi connectivity index (χ4v) is 12.3. The Labute approximate surface area is 421 Å². The highest BCUT2D eigenvalue weighted by Crippen LogP contribution is 2.43. The van der Waals surface area contributed by atoms with Crippen molar-refractivity contribution < 1.29 is 60.8 Å². The van der Waals surface area contributed by atoms with E-state index in [1.807, 2.05) is 48.5 Å². The Morgan fingerprint density at radius 3 is 2.21 bits per heavy atom. The van der Waals surface area contributed by atoms with Gasteiger partial charge in [-0.25, -0.2) is 13.2 Å². The molecule has 5 aliphatic rings. The Morgan fingerprint density at radius 2 is 1.55 bits per heavy atom. The summed E-state index contributed by atoms with van der Waals surface area (Å²) in [5.74, 6) is -2.38. The summed E-state index contributed by atoms with van der Waals surface area (Å²) in [5, 5.41) is 25.9. The number of carboxylic acids is 1. The number of ether oxygens (including phenoxy) is 4. The Balaban J connectivity index is 0.957. The number of piperidine rings is 4. The lowest BCUT2D eigenvalue weighted by molar-refractivity contribution is -0.904. The van der Waals surface area contributed by atoms with Crippen LogP contribution in [0.2, 0.25) is 10.0 Å². The molecule has 71 heavy (non-hydrogen) atoms. The number of aliphatic carboxylic acids is 1. The number of carbonyl (C=O) groups excluding carboxylic acids is 2. The van der Waals surface area contributed by atoms with Crippen molar-refractivity contribution in [3.63, 3.8) is 0 Å². The highest BCUT2D eigenvalue weighted by Gasteiger charge is 2.43. The Kier molecular flexibility index (Phi) is 15.5. The van der Waals surface area contributed by atoms with Crippen LogP contribution in [-0.4, -0.2) is 86.4 Å². The molecule has 2 N–H and O–H groups in total. The molecule has 376 valence electrons. The number of pyridine rings is 1. The van der Waals surface area contributed by atoms with E-state index < -0.39 is 52.6 Å². The molecule has 0 spiro atoms. The van der Waals surface area contributed by atoms with Crippen LogP contribution in [0.25, 0.3) is 0 Å². The first-order valence-electron chi connectivity index (χ1n) is 23.8. The van der Waals surface area contributed by atoms with Gasteiger partial charge in [0.25, 0.3) is 0 Å². The van der Waals surface area contributed by atoms with Crippen LogP contribution < -0.4 is 29.4 Å². The minimum Gasteiger partial charge on any atom is -0.550 e. The molecule has 2 unspecified atom stereocenters. The van der Waals surface area contributed by atoms with Crippen LogP contribution in [0.1, 0.15) is 78.3 Å². The average Bonchev–Trinajstić information content (AvgIpc) is 4.20. The smallest absolute Gasteiger partial charge is 0.408 e. The minimum absolute atomic E-state index is 0.0107. The van der Waals surface area contributed by atoms with Gasteiger partial charge in [-0.05, 0) is 129 Å². The van der Waals surface area contributed by atoms with Crippen molar-refractivity contribution in [1.82, 2.24) is 14.5 Å². The zero-order valence-corrected chi connectivity index (χ0v) is 40.9. The third-order valence-corrected chi connectivity index (χ3v) is 16.6. The second kappa shape index (κ2) is 22.0. The Morgan fingerprint density at radius 1 is 0.831 bits per heavy atom. The Bertz CT molecular complexity index is 2780. The zero-order chi connectivity index (χ0) is 49.8. The number of carbonyl (C=O) groups is 2. The van der Waals surface area contributed by atoms with E-state index in [0.717, 1.165) is 56.4 Å². The second-order valence-electron chi connectivity index (χ2n) is 18.8. The van der Waals surface area contributed by atoms with Crippen molar-refractivity contribution in [2.24, 2.45) is 17.8 Å². The maximum atomic E-state index is 14.9. The van der Waals surface area contributed by atoms with Gasteiger partial charge in [-0.15, -0.1) is 0 Å². The molecule has 2 bridgehead atoms. The summed E-state index contributed by atoms with van der Waals surface area (Å²) in [6.07, 6.45) is 5.36. The quantitative estimate of drug-likeness (QED) is 0.0608. The van der Waals surface area contributed by atoms with E-state index in [2.05, 4.69) is 10.2 Å². The number of nitrogens with one attached hydrogen (secondary N) is 1. The molecule has 5 aromatic rings. The van der Waals surface area contributed by atoms with Gasteiger partial charge in [0.15, 0.2) is 11.5 Å².